The van der Waals surface area contributed by atoms with E-state index in [0.717, 1.165) is 0 Å². The highest BCUT2D eigenvalue weighted by molar-refractivity contribution is 6.31. The Morgan fingerprint density at radius 1 is 1.64 bits per heavy atom. The number of nitrogens with two attached hydrogens (primary N) is 1. The summed E-state index contributed by atoms with van der Waals surface area (Å²) >= 11 is 5.86. The van der Waals surface area contributed by atoms with Gasteiger partial charge in [-0.15, -0.1) is 0 Å². The van der Waals surface area contributed by atoms with Crippen LogP contribution in [0, 0.1) is 0 Å². The third-order valence-corrected chi connectivity index (χ3v) is 2.28. The minimum Gasteiger partial charge on any atom is -0.330 e. The van der Waals surface area contributed by atoms with E-state index in [-0.39, 0.29) is 12.5 Å². The van der Waals surface area contributed by atoms with Crippen LogP contribution in [0.25, 0.3) is 0 Å². The molecule has 0 aliphatic carbocycles. The second-order valence-corrected chi connectivity index (χ2v) is 3.87. The molecule has 0 aliphatic heterocycles. The molecule has 1 unspecified atom stereocenters. The molecule has 0 aliphatic rings. The van der Waals surface area contributed by atoms with Crippen molar-refractivity contribution in [1.29, 1.82) is 0 Å². The summed E-state index contributed by atoms with van der Waals surface area (Å²) < 4.78 is 15.2. The number of hydrogen-bond acceptors (Lipinski definition) is 2. The van der Waals surface area contributed by atoms with E-state index in [2.05, 4.69) is 5.10 Å². The van der Waals surface area contributed by atoms with E-state index in [9.17, 15) is 4.39 Å². The summed E-state index contributed by atoms with van der Waals surface area (Å²) in [7, 11) is 0. The van der Waals surface area contributed by atoms with Crippen LogP contribution in [0.1, 0.15) is 38.2 Å². The first-order valence-corrected chi connectivity index (χ1v) is 5.02. The maximum atomic E-state index is 13.6. The number of hydrogen-bond donors (Lipinski definition) is 1. The molecular weight excluding hydrogens is 205 g/mol. The molecule has 0 bridgehead atoms. The monoisotopic (exact) mass is 219 g/mol. The van der Waals surface area contributed by atoms with Gasteiger partial charge in [0.05, 0.1) is 16.9 Å². The number of alkyl halides is 1. The molecule has 0 saturated heterocycles. The zero-order chi connectivity index (χ0) is 10.7. The van der Waals surface area contributed by atoms with Gasteiger partial charge >= 0.3 is 0 Å². The molecule has 0 radical (unpaired) electrons. The average Bonchev–Trinajstić information content (AvgIpc) is 2.47. The van der Waals surface area contributed by atoms with Gasteiger partial charge in [0.15, 0.2) is 0 Å². The lowest BCUT2D eigenvalue weighted by Crippen LogP contribution is -2.12. The van der Waals surface area contributed by atoms with Crippen LogP contribution >= 0.6 is 11.6 Å². The predicted octanol–water partition coefficient (Wildman–Crippen LogP) is 2.48. The Balaban J connectivity index is 2.98. The van der Waals surface area contributed by atoms with E-state index < -0.39 is 6.17 Å². The maximum absolute atomic E-state index is 13.6. The van der Waals surface area contributed by atoms with Crippen molar-refractivity contribution >= 4 is 11.6 Å². The summed E-state index contributed by atoms with van der Waals surface area (Å²) in [6.07, 6.45) is 0.621. The van der Waals surface area contributed by atoms with Gasteiger partial charge in [0.2, 0.25) is 0 Å². The van der Waals surface area contributed by atoms with Gasteiger partial charge in [-0.05, 0) is 26.8 Å². The van der Waals surface area contributed by atoms with Gasteiger partial charge in [0, 0.05) is 6.04 Å². The molecule has 0 amide bonds. The highest BCUT2D eigenvalue weighted by Crippen LogP contribution is 2.29. The Hall–Kier alpha value is -0.610. The van der Waals surface area contributed by atoms with Crippen LogP contribution in [0.3, 0.4) is 0 Å². The zero-order valence-corrected chi connectivity index (χ0v) is 9.13. The van der Waals surface area contributed by atoms with Crippen molar-refractivity contribution < 1.29 is 4.39 Å². The molecule has 0 aromatic carbocycles. The van der Waals surface area contributed by atoms with E-state index >= 15 is 0 Å². The third kappa shape index (κ3) is 2.25. The van der Waals surface area contributed by atoms with Crippen LogP contribution in [0.2, 0.25) is 5.02 Å². The molecule has 1 atom stereocenters. The quantitative estimate of drug-likeness (QED) is 0.846. The molecule has 1 aromatic rings. The highest BCUT2D eigenvalue weighted by atomic mass is 35.5. The smallest absolute Gasteiger partial charge is 0.144 e. The van der Waals surface area contributed by atoms with Crippen LogP contribution in [0.5, 0.6) is 0 Å². The van der Waals surface area contributed by atoms with Gasteiger partial charge in [-0.3, -0.25) is 4.68 Å². The van der Waals surface area contributed by atoms with Crippen LogP contribution in [0.15, 0.2) is 6.20 Å². The first kappa shape index (κ1) is 11.5. The molecule has 1 rings (SSSR count). The molecule has 5 heteroatoms. The first-order valence-electron chi connectivity index (χ1n) is 4.65. The van der Waals surface area contributed by atoms with Crippen molar-refractivity contribution in [3.05, 3.63) is 16.9 Å². The van der Waals surface area contributed by atoms with Gasteiger partial charge in [-0.2, -0.15) is 5.10 Å². The number of halogens is 2. The molecule has 0 fully saturated rings. The van der Waals surface area contributed by atoms with E-state index in [0.29, 0.717) is 17.3 Å². The van der Waals surface area contributed by atoms with Crippen LogP contribution in [-0.4, -0.2) is 16.3 Å². The summed E-state index contributed by atoms with van der Waals surface area (Å²) in [5, 5.41) is 4.40. The number of aromatic nitrogens is 2. The fourth-order valence-electron chi connectivity index (χ4n) is 1.34. The minimum absolute atomic E-state index is 0.105. The van der Waals surface area contributed by atoms with Gasteiger partial charge in [-0.25, -0.2) is 4.39 Å². The lowest BCUT2D eigenvalue weighted by Gasteiger charge is -2.14. The van der Waals surface area contributed by atoms with Crippen LogP contribution < -0.4 is 5.73 Å². The summed E-state index contributed by atoms with van der Waals surface area (Å²) in [6, 6.07) is 0.105. The lowest BCUT2D eigenvalue weighted by molar-refractivity contribution is 0.299. The van der Waals surface area contributed by atoms with Crippen molar-refractivity contribution in [2.45, 2.75) is 32.5 Å². The Morgan fingerprint density at radius 2 is 2.29 bits per heavy atom. The van der Waals surface area contributed by atoms with E-state index in [1.165, 1.54) is 6.20 Å². The largest absolute Gasteiger partial charge is 0.330 e. The summed E-state index contributed by atoms with van der Waals surface area (Å²) in [6.45, 7) is 4.17. The van der Waals surface area contributed by atoms with Crippen molar-refractivity contribution in [3.8, 4) is 0 Å². The second-order valence-electron chi connectivity index (χ2n) is 3.46. The molecule has 0 spiro atoms. The Labute approximate surface area is 88.0 Å². The number of nitrogens with zero attached hydrogens (tertiary/aromatic N) is 2. The zero-order valence-electron chi connectivity index (χ0n) is 8.37. The van der Waals surface area contributed by atoms with Crippen molar-refractivity contribution in [2.75, 3.05) is 6.54 Å². The summed E-state index contributed by atoms with van der Waals surface area (Å²) in [5.41, 5.74) is 5.74. The molecule has 3 nitrogen and oxygen atoms in total. The summed E-state index contributed by atoms with van der Waals surface area (Å²) in [4.78, 5) is 0. The van der Waals surface area contributed by atoms with E-state index in [4.69, 9.17) is 17.3 Å². The minimum atomic E-state index is -1.13. The SMILES string of the molecule is CC(C)n1ncc(Cl)c1C(F)CCN. The van der Waals surface area contributed by atoms with Gasteiger partial charge in [0.25, 0.3) is 0 Å². The number of rotatable bonds is 4. The fourth-order valence-corrected chi connectivity index (χ4v) is 1.59. The summed E-state index contributed by atoms with van der Waals surface area (Å²) in [5.74, 6) is 0. The molecule has 14 heavy (non-hydrogen) atoms. The van der Waals surface area contributed by atoms with E-state index in [1.54, 1.807) is 4.68 Å². The highest BCUT2D eigenvalue weighted by Gasteiger charge is 2.20. The van der Waals surface area contributed by atoms with Gasteiger partial charge < -0.3 is 5.73 Å². The standard InChI is InChI=1S/C9H15ClFN3/c1-6(2)14-9(7(10)5-13-14)8(11)3-4-12/h5-6,8H,3-4,12H2,1-2H3. The first-order chi connectivity index (χ1) is 6.57. The molecule has 0 saturated carbocycles. The molecule has 2 N–H and O–H groups in total. The maximum Gasteiger partial charge on any atom is 0.144 e. The molecule has 80 valence electrons. The Kier molecular flexibility index (Phi) is 3.89. The molecular formula is C9H15ClFN3. The molecule has 1 aromatic heterocycles. The van der Waals surface area contributed by atoms with E-state index in [1.807, 2.05) is 13.8 Å². The lowest BCUT2D eigenvalue weighted by atomic mass is 10.2. The predicted molar refractivity (Wildman–Crippen MR) is 55.1 cm³/mol. The Morgan fingerprint density at radius 3 is 2.79 bits per heavy atom. The molecule has 1 heterocycles. The topological polar surface area (TPSA) is 43.8 Å². The average molecular weight is 220 g/mol. The van der Waals surface area contributed by atoms with Crippen LogP contribution in [0.4, 0.5) is 4.39 Å². The van der Waals surface area contributed by atoms with Crippen molar-refractivity contribution in [2.24, 2.45) is 5.73 Å². The normalized spacial score (nSPS) is 13.6. The van der Waals surface area contributed by atoms with Crippen molar-refractivity contribution in [1.82, 2.24) is 9.78 Å². The third-order valence-electron chi connectivity index (χ3n) is 1.99. The van der Waals surface area contributed by atoms with Gasteiger partial charge in [0.1, 0.15) is 6.17 Å². The van der Waals surface area contributed by atoms with Gasteiger partial charge in [-0.1, -0.05) is 11.6 Å². The van der Waals surface area contributed by atoms with Crippen molar-refractivity contribution in [3.63, 3.8) is 0 Å². The van der Waals surface area contributed by atoms with Crippen LogP contribution in [-0.2, 0) is 0 Å². The fraction of sp³-hybridized carbons (Fsp3) is 0.667. The second kappa shape index (κ2) is 4.75. The Bertz CT molecular complexity index is 298.